The van der Waals surface area contributed by atoms with Gasteiger partial charge in [0.2, 0.25) is 5.79 Å². The number of benzene rings is 1. The molecule has 2 rings (SSSR count). The van der Waals surface area contributed by atoms with E-state index in [1.165, 1.54) is 0 Å². The largest absolute Gasteiger partial charge is 0.511 e. The van der Waals surface area contributed by atoms with Gasteiger partial charge in [0.1, 0.15) is 16.4 Å². The Balaban J connectivity index is 2.66. The van der Waals surface area contributed by atoms with Crippen LogP contribution in [-0.2, 0) is 29.7 Å². The number of ketones is 1. The summed E-state index contributed by atoms with van der Waals surface area (Å²) in [5.74, 6) is -6.52. The molecular formula is C15H16O11S2. The van der Waals surface area contributed by atoms with Crippen molar-refractivity contribution in [1.82, 2.24) is 0 Å². The molecule has 0 aromatic heterocycles. The molecule has 1 aliphatic carbocycles. The monoisotopic (exact) mass is 436 g/mol. The molecule has 1 aromatic rings. The second-order valence-corrected chi connectivity index (χ2v) is 8.46. The molecule has 0 heterocycles. The maximum Gasteiger partial charge on any atom is 0.296 e. The second kappa shape index (κ2) is 7.27. The highest BCUT2D eigenvalue weighted by Gasteiger charge is 2.46. The molecule has 0 fully saturated rings. The van der Waals surface area contributed by atoms with Crippen LogP contribution in [0.2, 0.25) is 0 Å². The molecular weight excluding hydrogens is 420 g/mol. The first-order chi connectivity index (χ1) is 12.8. The average Bonchev–Trinajstić information content (AvgIpc) is 2.59. The van der Waals surface area contributed by atoms with Crippen molar-refractivity contribution in [2.75, 3.05) is 14.2 Å². The summed E-state index contributed by atoms with van der Waals surface area (Å²) < 4.78 is 74.3. The van der Waals surface area contributed by atoms with Crippen LogP contribution in [0.4, 0.5) is 0 Å². The summed E-state index contributed by atoms with van der Waals surface area (Å²) in [7, 11) is -7.63. The van der Waals surface area contributed by atoms with Crippen LogP contribution < -0.4 is 0 Å². The highest BCUT2D eigenvalue weighted by Crippen LogP contribution is 2.38. The lowest BCUT2D eigenvalue weighted by molar-refractivity contribution is -0.140. The lowest BCUT2D eigenvalue weighted by Gasteiger charge is -2.33. The molecule has 28 heavy (non-hydrogen) atoms. The Hall–Kier alpha value is -2.29. The summed E-state index contributed by atoms with van der Waals surface area (Å²) in [6.07, 6.45) is 1.36. The van der Waals surface area contributed by atoms with E-state index in [4.69, 9.17) is 14.0 Å². The summed E-state index contributed by atoms with van der Waals surface area (Å²) in [4.78, 5) is 11.1. The Morgan fingerprint density at radius 2 is 1.61 bits per heavy atom. The SMILES string of the molecule is COC1(OC)C=C(O)C(C(=O)c2cc(S(=O)(=O)O)ccc2O)C=C1S(=O)(=O)O. The topological polar surface area (TPSA) is 185 Å². The Morgan fingerprint density at radius 1 is 1.04 bits per heavy atom. The molecule has 0 radical (unpaired) electrons. The third kappa shape index (κ3) is 3.94. The van der Waals surface area contributed by atoms with Gasteiger partial charge in [0, 0.05) is 20.3 Å². The van der Waals surface area contributed by atoms with Crippen LogP contribution in [0.15, 0.2) is 45.9 Å². The first-order valence-electron chi connectivity index (χ1n) is 7.33. The van der Waals surface area contributed by atoms with Crippen molar-refractivity contribution in [3.8, 4) is 5.75 Å². The molecule has 0 spiro atoms. The van der Waals surface area contributed by atoms with Crippen LogP contribution in [0.5, 0.6) is 5.75 Å². The van der Waals surface area contributed by atoms with Crippen molar-refractivity contribution in [3.63, 3.8) is 0 Å². The van der Waals surface area contributed by atoms with Gasteiger partial charge in [0.15, 0.2) is 5.78 Å². The van der Waals surface area contributed by atoms with Crippen LogP contribution in [0, 0.1) is 5.92 Å². The molecule has 0 saturated carbocycles. The van der Waals surface area contributed by atoms with E-state index >= 15 is 0 Å². The van der Waals surface area contributed by atoms with Crippen LogP contribution in [0.3, 0.4) is 0 Å². The Kier molecular flexibility index (Phi) is 5.71. The van der Waals surface area contributed by atoms with Gasteiger partial charge in [-0.15, -0.1) is 0 Å². The standard InChI is InChI=1S/C15H16O11S2/c1-25-15(26-2)7-12(17)10(6-13(15)28(22,23)24)14(18)9-5-8(27(19,20)21)3-4-11(9)16/h3-7,10,16-17H,1-2H3,(H,19,20,21)(H,22,23,24). The molecule has 13 heteroatoms. The van der Waals surface area contributed by atoms with Crippen LogP contribution in [0.1, 0.15) is 10.4 Å². The van der Waals surface area contributed by atoms with Crippen molar-refractivity contribution in [3.05, 3.63) is 46.6 Å². The van der Waals surface area contributed by atoms with Crippen molar-refractivity contribution in [2.45, 2.75) is 10.7 Å². The van der Waals surface area contributed by atoms with Gasteiger partial charge in [0.05, 0.1) is 16.4 Å². The molecule has 0 saturated heterocycles. The number of hydrogen-bond donors (Lipinski definition) is 4. The minimum Gasteiger partial charge on any atom is -0.511 e. The first kappa shape index (κ1) is 22.0. The number of aliphatic hydroxyl groups excluding tert-OH is 1. The summed E-state index contributed by atoms with van der Waals surface area (Å²) in [5.41, 5.74) is -0.631. The van der Waals surface area contributed by atoms with E-state index in [1.54, 1.807) is 0 Å². The van der Waals surface area contributed by atoms with E-state index in [-0.39, 0.29) is 0 Å². The molecule has 0 amide bonds. The summed E-state index contributed by atoms with van der Waals surface area (Å²) in [6, 6.07) is 2.30. The number of ether oxygens (including phenoxy) is 2. The lowest BCUT2D eigenvalue weighted by Crippen LogP contribution is -2.41. The molecule has 154 valence electrons. The number of hydrogen-bond acceptors (Lipinski definition) is 9. The van der Waals surface area contributed by atoms with E-state index < -0.39 is 64.6 Å². The van der Waals surface area contributed by atoms with E-state index in [0.717, 1.165) is 32.4 Å². The zero-order chi connectivity index (χ0) is 21.5. The third-order valence-corrected chi connectivity index (χ3v) is 5.84. The van der Waals surface area contributed by atoms with Gasteiger partial charge in [-0.05, 0) is 24.3 Å². The maximum absolute atomic E-state index is 12.7. The molecule has 1 atom stereocenters. The number of phenols is 1. The van der Waals surface area contributed by atoms with Gasteiger partial charge in [-0.3, -0.25) is 13.9 Å². The van der Waals surface area contributed by atoms with E-state index in [0.29, 0.717) is 12.1 Å². The van der Waals surface area contributed by atoms with Crippen molar-refractivity contribution >= 4 is 26.0 Å². The van der Waals surface area contributed by atoms with Crippen LogP contribution in [0.25, 0.3) is 0 Å². The number of carbonyl (C=O) groups excluding carboxylic acids is 1. The lowest BCUT2D eigenvalue weighted by atomic mass is 9.89. The molecule has 11 nitrogen and oxygen atoms in total. The minimum absolute atomic E-state index is 0.631. The quantitative estimate of drug-likeness (QED) is 0.279. The van der Waals surface area contributed by atoms with Crippen LogP contribution in [-0.4, -0.2) is 61.9 Å². The first-order valence-corrected chi connectivity index (χ1v) is 10.2. The number of Topliss-reactive ketones (excluding diaryl/α,β-unsaturated/α-hetero) is 1. The van der Waals surface area contributed by atoms with Gasteiger partial charge in [0.25, 0.3) is 20.2 Å². The smallest absolute Gasteiger partial charge is 0.296 e. The van der Waals surface area contributed by atoms with Gasteiger partial charge >= 0.3 is 0 Å². The Labute approximate surface area is 160 Å². The fourth-order valence-electron chi connectivity index (χ4n) is 2.63. The molecule has 1 aliphatic rings. The van der Waals surface area contributed by atoms with Gasteiger partial charge in [-0.25, -0.2) is 0 Å². The zero-order valence-electron chi connectivity index (χ0n) is 14.4. The van der Waals surface area contributed by atoms with E-state index in [2.05, 4.69) is 0 Å². The number of methoxy groups -OCH3 is 2. The molecule has 0 aliphatic heterocycles. The third-order valence-electron chi connectivity index (χ3n) is 4.02. The molecule has 1 unspecified atom stereocenters. The highest BCUT2D eigenvalue weighted by atomic mass is 32.2. The fraction of sp³-hybridized carbons (Fsp3) is 0.267. The number of aromatic hydroxyl groups is 1. The maximum atomic E-state index is 12.7. The zero-order valence-corrected chi connectivity index (χ0v) is 16.1. The van der Waals surface area contributed by atoms with E-state index in [1.807, 2.05) is 0 Å². The normalized spacial score (nSPS) is 19.6. The van der Waals surface area contributed by atoms with Gasteiger partial charge < -0.3 is 19.7 Å². The summed E-state index contributed by atoms with van der Waals surface area (Å²) in [6.45, 7) is 0. The number of allylic oxidation sites excluding steroid dienone is 1. The summed E-state index contributed by atoms with van der Waals surface area (Å²) in [5, 5.41) is 20.1. The minimum atomic E-state index is -4.97. The van der Waals surface area contributed by atoms with E-state index in [9.17, 15) is 36.4 Å². The van der Waals surface area contributed by atoms with Crippen molar-refractivity contribution in [1.29, 1.82) is 0 Å². The second-order valence-electron chi connectivity index (χ2n) is 5.65. The Bertz CT molecular complexity index is 1080. The van der Waals surface area contributed by atoms with Crippen molar-refractivity contribution < 1.29 is 50.4 Å². The highest BCUT2D eigenvalue weighted by molar-refractivity contribution is 7.89. The van der Waals surface area contributed by atoms with Crippen molar-refractivity contribution in [2.24, 2.45) is 5.92 Å². The van der Waals surface area contributed by atoms with Crippen LogP contribution >= 0.6 is 0 Å². The number of aliphatic hydroxyl groups is 1. The average molecular weight is 436 g/mol. The number of carbonyl (C=O) groups is 1. The van der Waals surface area contributed by atoms with Gasteiger partial charge in [-0.1, -0.05) is 0 Å². The predicted octanol–water partition coefficient (Wildman–Crippen LogP) is 0.654. The fourth-order valence-corrected chi connectivity index (χ4v) is 4.03. The molecule has 0 bridgehead atoms. The number of rotatable bonds is 6. The number of phenolic OH excluding ortho intramolecular Hbond substituents is 1. The predicted molar refractivity (Wildman–Crippen MR) is 92.8 cm³/mol. The molecule has 4 N–H and O–H groups in total. The summed E-state index contributed by atoms with van der Waals surface area (Å²) >= 11 is 0. The molecule has 1 aromatic carbocycles. The van der Waals surface area contributed by atoms with Gasteiger partial charge in [-0.2, -0.15) is 16.8 Å². The Morgan fingerprint density at radius 3 is 2.07 bits per heavy atom.